The molecule has 2 aromatic rings. The van der Waals surface area contributed by atoms with Gasteiger partial charge in [0.25, 0.3) is 0 Å². The van der Waals surface area contributed by atoms with E-state index < -0.39 is 0 Å². The Balaban J connectivity index is 2.45. The van der Waals surface area contributed by atoms with Gasteiger partial charge in [-0.3, -0.25) is 0 Å². The van der Waals surface area contributed by atoms with E-state index in [9.17, 15) is 0 Å². The van der Waals surface area contributed by atoms with Crippen LogP contribution in [-0.2, 0) is 0 Å². The van der Waals surface area contributed by atoms with Gasteiger partial charge in [-0.05, 0) is 31.7 Å². The lowest BCUT2D eigenvalue weighted by molar-refractivity contribution is 0.107. The van der Waals surface area contributed by atoms with Crippen molar-refractivity contribution in [3.63, 3.8) is 0 Å². The number of ether oxygens (including phenoxy) is 1. The van der Waals surface area contributed by atoms with Crippen molar-refractivity contribution in [3.8, 4) is 5.75 Å². The van der Waals surface area contributed by atoms with Crippen molar-refractivity contribution in [1.29, 1.82) is 0 Å². The number of hydrogen-bond acceptors (Lipinski definition) is 1. The maximum atomic E-state index is 6.06. The second kappa shape index (κ2) is 4.17. The highest BCUT2D eigenvalue weighted by molar-refractivity contribution is 5.88. The van der Waals surface area contributed by atoms with Crippen molar-refractivity contribution in [3.05, 3.63) is 42.5 Å². The average molecular weight is 214 g/mol. The second-order valence-electron chi connectivity index (χ2n) is 4.69. The van der Waals surface area contributed by atoms with E-state index >= 15 is 0 Å². The lowest BCUT2D eigenvalue weighted by Gasteiger charge is -2.25. The molecule has 1 nitrogen and oxygen atoms in total. The molecule has 84 valence electrons. The van der Waals surface area contributed by atoms with E-state index in [4.69, 9.17) is 4.74 Å². The van der Waals surface area contributed by atoms with E-state index in [2.05, 4.69) is 45.0 Å². The maximum absolute atomic E-state index is 6.06. The SMILES string of the molecule is CCC(C)(C)Oc1cccc2ccccc12. The van der Waals surface area contributed by atoms with Gasteiger partial charge in [0.05, 0.1) is 0 Å². The summed E-state index contributed by atoms with van der Waals surface area (Å²) in [6.07, 6.45) is 0.996. The first kappa shape index (κ1) is 11.0. The molecule has 0 fully saturated rings. The van der Waals surface area contributed by atoms with Gasteiger partial charge in [0, 0.05) is 5.39 Å². The molecular weight excluding hydrogens is 196 g/mol. The predicted octanol–water partition coefficient (Wildman–Crippen LogP) is 4.41. The van der Waals surface area contributed by atoms with Crippen LogP contribution < -0.4 is 4.74 Å². The summed E-state index contributed by atoms with van der Waals surface area (Å²) < 4.78 is 6.06. The summed E-state index contributed by atoms with van der Waals surface area (Å²) in [7, 11) is 0. The average Bonchev–Trinajstić information content (AvgIpc) is 2.29. The Morgan fingerprint density at radius 2 is 1.69 bits per heavy atom. The molecule has 2 aromatic carbocycles. The van der Waals surface area contributed by atoms with E-state index in [1.807, 2.05) is 18.2 Å². The Labute approximate surface area is 97.1 Å². The summed E-state index contributed by atoms with van der Waals surface area (Å²) in [5.74, 6) is 0.977. The quantitative estimate of drug-likeness (QED) is 0.735. The molecule has 0 spiro atoms. The smallest absolute Gasteiger partial charge is 0.127 e. The van der Waals surface area contributed by atoms with Gasteiger partial charge in [-0.15, -0.1) is 0 Å². The Kier molecular flexibility index (Phi) is 2.86. The third-order valence-electron chi connectivity index (χ3n) is 2.99. The molecule has 0 heterocycles. The van der Waals surface area contributed by atoms with E-state index in [1.165, 1.54) is 10.8 Å². The number of rotatable bonds is 3. The third-order valence-corrected chi connectivity index (χ3v) is 2.99. The fraction of sp³-hybridized carbons (Fsp3) is 0.333. The molecule has 0 unspecified atom stereocenters. The van der Waals surface area contributed by atoms with Gasteiger partial charge in [0.15, 0.2) is 0 Å². The highest BCUT2D eigenvalue weighted by Gasteiger charge is 2.17. The fourth-order valence-electron chi connectivity index (χ4n) is 1.65. The first-order valence-electron chi connectivity index (χ1n) is 5.79. The second-order valence-corrected chi connectivity index (χ2v) is 4.69. The summed E-state index contributed by atoms with van der Waals surface area (Å²) in [4.78, 5) is 0. The minimum Gasteiger partial charge on any atom is -0.487 e. The largest absolute Gasteiger partial charge is 0.487 e. The normalized spacial score (nSPS) is 11.7. The predicted molar refractivity (Wildman–Crippen MR) is 68.9 cm³/mol. The van der Waals surface area contributed by atoms with Gasteiger partial charge in [-0.2, -0.15) is 0 Å². The zero-order valence-corrected chi connectivity index (χ0v) is 10.2. The van der Waals surface area contributed by atoms with Crippen LogP contribution in [0.5, 0.6) is 5.75 Å². The molecule has 0 aliphatic rings. The van der Waals surface area contributed by atoms with Crippen LogP contribution in [0.15, 0.2) is 42.5 Å². The molecular formula is C15H18O. The van der Waals surface area contributed by atoms with Crippen LogP contribution in [0, 0.1) is 0 Å². The highest BCUT2D eigenvalue weighted by Crippen LogP contribution is 2.29. The lowest BCUT2D eigenvalue weighted by atomic mass is 10.1. The molecule has 0 atom stereocenters. The first-order valence-corrected chi connectivity index (χ1v) is 5.79. The van der Waals surface area contributed by atoms with Gasteiger partial charge in [0.1, 0.15) is 11.4 Å². The van der Waals surface area contributed by atoms with Gasteiger partial charge in [-0.25, -0.2) is 0 Å². The summed E-state index contributed by atoms with van der Waals surface area (Å²) >= 11 is 0. The van der Waals surface area contributed by atoms with Crippen LogP contribution in [0.2, 0.25) is 0 Å². The molecule has 2 rings (SSSR count). The molecule has 0 aromatic heterocycles. The minimum absolute atomic E-state index is 0.107. The van der Waals surface area contributed by atoms with E-state index in [0.29, 0.717) is 0 Å². The lowest BCUT2D eigenvalue weighted by Crippen LogP contribution is -2.26. The Morgan fingerprint density at radius 3 is 2.44 bits per heavy atom. The van der Waals surface area contributed by atoms with Gasteiger partial charge >= 0.3 is 0 Å². The van der Waals surface area contributed by atoms with Crippen molar-refractivity contribution in [1.82, 2.24) is 0 Å². The maximum Gasteiger partial charge on any atom is 0.127 e. The number of benzene rings is 2. The summed E-state index contributed by atoms with van der Waals surface area (Å²) in [5, 5.41) is 2.42. The van der Waals surface area contributed by atoms with Crippen LogP contribution >= 0.6 is 0 Å². The van der Waals surface area contributed by atoms with E-state index in [1.54, 1.807) is 0 Å². The Morgan fingerprint density at radius 1 is 1.00 bits per heavy atom. The molecule has 0 N–H and O–H groups in total. The van der Waals surface area contributed by atoms with Crippen LogP contribution in [0.3, 0.4) is 0 Å². The molecule has 0 saturated heterocycles. The van der Waals surface area contributed by atoms with Crippen molar-refractivity contribution in [2.45, 2.75) is 32.8 Å². The monoisotopic (exact) mass is 214 g/mol. The van der Waals surface area contributed by atoms with Gasteiger partial charge in [-0.1, -0.05) is 43.3 Å². The summed E-state index contributed by atoms with van der Waals surface area (Å²) in [6.45, 7) is 6.38. The highest BCUT2D eigenvalue weighted by atomic mass is 16.5. The Hall–Kier alpha value is -1.50. The zero-order valence-electron chi connectivity index (χ0n) is 10.2. The topological polar surface area (TPSA) is 9.23 Å². The van der Waals surface area contributed by atoms with Crippen LogP contribution in [0.1, 0.15) is 27.2 Å². The summed E-state index contributed by atoms with van der Waals surface area (Å²) in [6, 6.07) is 14.5. The van der Waals surface area contributed by atoms with Crippen LogP contribution in [-0.4, -0.2) is 5.60 Å². The van der Waals surface area contributed by atoms with Crippen LogP contribution in [0.25, 0.3) is 10.8 Å². The van der Waals surface area contributed by atoms with Crippen molar-refractivity contribution >= 4 is 10.8 Å². The Bertz CT molecular complexity index is 480. The molecule has 0 amide bonds. The van der Waals surface area contributed by atoms with Gasteiger partial charge in [0.2, 0.25) is 0 Å². The van der Waals surface area contributed by atoms with E-state index in [0.717, 1.165) is 12.2 Å². The van der Waals surface area contributed by atoms with Crippen molar-refractivity contribution < 1.29 is 4.74 Å². The molecule has 0 saturated carbocycles. The standard InChI is InChI=1S/C15H18O/c1-4-15(2,3)16-14-11-7-9-12-8-5-6-10-13(12)14/h5-11H,4H2,1-3H3. The molecule has 1 heteroatoms. The number of hydrogen-bond donors (Lipinski definition) is 0. The van der Waals surface area contributed by atoms with Crippen LogP contribution in [0.4, 0.5) is 0 Å². The first-order chi connectivity index (χ1) is 7.62. The van der Waals surface area contributed by atoms with Crippen molar-refractivity contribution in [2.75, 3.05) is 0 Å². The van der Waals surface area contributed by atoms with Crippen molar-refractivity contribution in [2.24, 2.45) is 0 Å². The van der Waals surface area contributed by atoms with Gasteiger partial charge < -0.3 is 4.74 Å². The van der Waals surface area contributed by atoms with E-state index in [-0.39, 0.29) is 5.60 Å². The minimum atomic E-state index is -0.107. The fourth-order valence-corrected chi connectivity index (χ4v) is 1.65. The molecule has 0 bridgehead atoms. The molecule has 0 radical (unpaired) electrons. The molecule has 0 aliphatic carbocycles. The third kappa shape index (κ3) is 2.19. The summed E-state index contributed by atoms with van der Waals surface area (Å²) in [5.41, 5.74) is -0.107. The number of fused-ring (bicyclic) bond motifs is 1. The molecule has 0 aliphatic heterocycles. The zero-order chi connectivity index (χ0) is 11.6. The molecule has 16 heavy (non-hydrogen) atoms.